The van der Waals surface area contributed by atoms with Crippen molar-refractivity contribution in [3.63, 3.8) is 0 Å². The Morgan fingerprint density at radius 3 is 2.71 bits per heavy atom. The molecule has 1 aromatic carbocycles. The van der Waals surface area contributed by atoms with Crippen molar-refractivity contribution in [1.29, 1.82) is 0 Å². The van der Waals surface area contributed by atoms with Crippen molar-refractivity contribution in [2.45, 2.75) is 19.4 Å². The fourth-order valence-corrected chi connectivity index (χ4v) is 2.22. The number of carboxylic acid groups (broad SMARTS) is 1. The summed E-state index contributed by atoms with van der Waals surface area (Å²) in [6.45, 7) is 3.03. The highest BCUT2D eigenvalue weighted by molar-refractivity contribution is 5.91. The number of aromatic carboxylic acids is 1. The molecule has 0 aliphatic carbocycles. The van der Waals surface area contributed by atoms with Crippen LogP contribution in [0.25, 0.3) is 0 Å². The lowest BCUT2D eigenvalue weighted by atomic mass is 10.1. The summed E-state index contributed by atoms with van der Waals surface area (Å²) in [7, 11) is 1.49. The van der Waals surface area contributed by atoms with E-state index in [9.17, 15) is 4.79 Å². The highest BCUT2D eigenvalue weighted by atomic mass is 16.5. The molecule has 1 heterocycles. The molecule has 1 aliphatic heterocycles. The van der Waals surface area contributed by atoms with Gasteiger partial charge in [0.15, 0.2) is 0 Å². The van der Waals surface area contributed by atoms with E-state index in [0.717, 1.165) is 25.2 Å². The van der Waals surface area contributed by atoms with Crippen molar-refractivity contribution in [2.75, 3.05) is 20.2 Å². The zero-order valence-electron chi connectivity index (χ0n) is 9.98. The van der Waals surface area contributed by atoms with Crippen LogP contribution in [-0.2, 0) is 6.54 Å². The van der Waals surface area contributed by atoms with Gasteiger partial charge in [0.2, 0.25) is 0 Å². The first-order valence-corrected chi connectivity index (χ1v) is 5.83. The van der Waals surface area contributed by atoms with Crippen molar-refractivity contribution < 1.29 is 14.6 Å². The van der Waals surface area contributed by atoms with Gasteiger partial charge in [-0.1, -0.05) is 6.07 Å². The van der Waals surface area contributed by atoms with Crippen LogP contribution in [-0.4, -0.2) is 36.2 Å². The van der Waals surface area contributed by atoms with Gasteiger partial charge in [-0.05, 0) is 43.6 Å². The van der Waals surface area contributed by atoms with E-state index in [1.807, 2.05) is 6.07 Å². The second kappa shape index (κ2) is 5.19. The van der Waals surface area contributed by atoms with Crippen LogP contribution in [0, 0.1) is 0 Å². The second-order valence-electron chi connectivity index (χ2n) is 4.32. The van der Waals surface area contributed by atoms with E-state index in [4.69, 9.17) is 9.84 Å². The molecule has 1 saturated heterocycles. The lowest BCUT2D eigenvalue weighted by Gasteiger charge is -2.15. The van der Waals surface area contributed by atoms with Crippen LogP contribution in [0.2, 0.25) is 0 Å². The Morgan fingerprint density at radius 1 is 1.41 bits per heavy atom. The van der Waals surface area contributed by atoms with Gasteiger partial charge in [-0.3, -0.25) is 4.90 Å². The summed E-state index contributed by atoms with van der Waals surface area (Å²) in [5.74, 6) is -0.521. The molecule has 1 aromatic rings. The standard InChI is InChI=1S/C13H17NO3/c1-17-12-5-4-10(8-11(12)13(15)16)9-14-6-2-3-7-14/h4-5,8H,2-3,6-7,9H2,1H3,(H,15,16). The highest BCUT2D eigenvalue weighted by Crippen LogP contribution is 2.21. The van der Waals surface area contributed by atoms with Crippen LogP contribution in [0.1, 0.15) is 28.8 Å². The van der Waals surface area contributed by atoms with Gasteiger partial charge in [0.25, 0.3) is 0 Å². The Hall–Kier alpha value is -1.55. The molecular weight excluding hydrogens is 218 g/mol. The quantitative estimate of drug-likeness (QED) is 0.867. The third-order valence-corrected chi connectivity index (χ3v) is 3.10. The van der Waals surface area contributed by atoms with E-state index in [1.165, 1.54) is 20.0 Å². The van der Waals surface area contributed by atoms with Crippen molar-refractivity contribution in [3.8, 4) is 5.75 Å². The summed E-state index contributed by atoms with van der Waals surface area (Å²) < 4.78 is 5.04. The third-order valence-electron chi connectivity index (χ3n) is 3.10. The predicted octanol–water partition coefficient (Wildman–Crippen LogP) is 1.99. The zero-order valence-corrected chi connectivity index (χ0v) is 9.98. The number of methoxy groups -OCH3 is 1. The molecule has 0 aromatic heterocycles. The van der Waals surface area contributed by atoms with Crippen LogP contribution in [0.4, 0.5) is 0 Å². The number of nitrogens with zero attached hydrogens (tertiary/aromatic N) is 1. The maximum Gasteiger partial charge on any atom is 0.339 e. The maximum atomic E-state index is 11.1. The number of rotatable bonds is 4. The topological polar surface area (TPSA) is 49.8 Å². The summed E-state index contributed by atoms with van der Waals surface area (Å²) >= 11 is 0. The fourth-order valence-electron chi connectivity index (χ4n) is 2.22. The maximum absolute atomic E-state index is 11.1. The van der Waals surface area contributed by atoms with Gasteiger partial charge in [-0.25, -0.2) is 4.79 Å². The number of carboxylic acids is 1. The van der Waals surface area contributed by atoms with E-state index in [-0.39, 0.29) is 5.56 Å². The van der Waals surface area contributed by atoms with Crippen molar-refractivity contribution in [2.24, 2.45) is 0 Å². The molecule has 0 saturated carbocycles. The smallest absolute Gasteiger partial charge is 0.339 e. The number of likely N-dealkylation sites (tertiary alicyclic amines) is 1. The van der Waals surface area contributed by atoms with Crippen LogP contribution in [0.3, 0.4) is 0 Å². The van der Waals surface area contributed by atoms with Gasteiger partial charge in [-0.15, -0.1) is 0 Å². The van der Waals surface area contributed by atoms with Crippen LogP contribution < -0.4 is 4.74 Å². The average Bonchev–Trinajstić information content (AvgIpc) is 2.81. The average molecular weight is 235 g/mol. The van der Waals surface area contributed by atoms with Gasteiger partial charge in [0.05, 0.1) is 7.11 Å². The van der Waals surface area contributed by atoms with E-state index in [0.29, 0.717) is 5.75 Å². The summed E-state index contributed by atoms with van der Waals surface area (Å²) in [5, 5.41) is 9.09. The Balaban J connectivity index is 2.17. The monoisotopic (exact) mass is 235 g/mol. The molecule has 17 heavy (non-hydrogen) atoms. The summed E-state index contributed by atoms with van der Waals surface area (Å²) in [6.07, 6.45) is 2.48. The van der Waals surface area contributed by atoms with Gasteiger partial charge < -0.3 is 9.84 Å². The molecule has 4 heteroatoms. The molecule has 0 amide bonds. The minimum Gasteiger partial charge on any atom is -0.496 e. The first-order valence-electron chi connectivity index (χ1n) is 5.83. The molecule has 0 spiro atoms. The Morgan fingerprint density at radius 2 is 2.12 bits per heavy atom. The van der Waals surface area contributed by atoms with E-state index >= 15 is 0 Å². The highest BCUT2D eigenvalue weighted by Gasteiger charge is 2.15. The fraction of sp³-hybridized carbons (Fsp3) is 0.462. The molecule has 1 N–H and O–H groups in total. The SMILES string of the molecule is COc1ccc(CN2CCCC2)cc1C(=O)O. The van der Waals surface area contributed by atoms with Gasteiger partial charge in [0.1, 0.15) is 11.3 Å². The Labute approximate surface area is 101 Å². The van der Waals surface area contributed by atoms with E-state index in [1.54, 1.807) is 12.1 Å². The Bertz CT molecular complexity index is 411. The molecule has 92 valence electrons. The lowest BCUT2D eigenvalue weighted by Crippen LogP contribution is -2.18. The third kappa shape index (κ3) is 2.77. The van der Waals surface area contributed by atoms with Crippen molar-refractivity contribution in [3.05, 3.63) is 29.3 Å². The molecule has 1 aliphatic rings. The molecule has 0 radical (unpaired) electrons. The minimum absolute atomic E-state index is 0.240. The van der Waals surface area contributed by atoms with Gasteiger partial charge in [-0.2, -0.15) is 0 Å². The summed E-state index contributed by atoms with van der Waals surface area (Å²) in [5.41, 5.74) is 1.27. The van der Waals surface area contributed by atoms with Crippen LogP contribution in [0.5, 0.6) is 5.75 Å². The molecule has 0 bridgehead atoms. The minimum atomic E-state index is -0.940. The largest absolute Gasteiger partial charge is 0.496 e. The van der Waals surface area contributed by atoms with Crippen molar-refractivity contribution in [1.82, 2.24) is 4.90 Å². The normalized spacial score (nSPS) is 16.1. The number of hydrogen-bond acceptors (Lipinski definition) is 3. The predicted molar refractivity (Wildman–Crippen MR) is 64.5 cm³/mol. The first kappa shape index (κ1) is 11.9. The van der Waals surface area contributed by atoms with E-state index < -0.39 is 5.97 Å². The molecule has 1 fully saturated rings. The van der Waals surface area contributed by atoms with Crippen LogP contribution in [0.15, 0.2) is 18.2 Å². The molecule has 0 atom stereocenters. The zero-order chi connectivity index (χ0) is 12.3. The number of ether oxygens (including phenoxy) is 1. The number of hydrogen-bond donors (Lipinski definition) is 1. The molecule has 0 unspecified atom stereocenters. The summed E-state index contributed by atoms with van der Waals surface area (Å²) in [6, 6.07) is 5.37. The second-order valence-corrected chi connectivity index (χ2v) is 4.32. The van der Waals surface area contributed by atoms with E-state index in [2.05, 4.69) is 4.90 Å². The Kier molecular flexibility index (Phi) is 3.64. The van der Waals surface area contributed by atoms with Gasteiger partial charge in [0, 0.05) is 6.54 Å². The van der Waals surface area contributed by atoms with Crippen molar-refractivity contribution >= 4 is 5.97 Å². The lowest BCUT2D eigenvalue weighted by molar-refractivity contribution is 0.0693. The molecule has 4 nitrogen and oxygen atoms in total. The number of benzene rings is 1. The van der Waals surface area contributed by atoms with Gasteiger partial charge >= 0.3 is 5.97 Å². The summed E-state index contributed by atoms with van der Waals surface area (Å²) in [4.78, 5) is 13.4. The molecular formula is C13H17NO3. The molecule has 2 rings (SSSR count). The number of carbonyl (C=O) groups is 1. The first-order chi connectivity index (χ1) is 8.20. The van der Waals surface area contributed by atoms with Crippen LogP contribution >= 0.6 is 0 Å².